The van der Waals surface area contributed by atoms with Crippen molar-refractivity contribution < 1.29 is 28.2 Å². The number of nitrogens with zero attached hydrogens (tertiary/aromatic N) is 2. The molecule has 2 aliphatic rings. The zero-order chi connectivity index (χ0) is 17.5. The van der Waals surface area contributed by atoms with E-state index in [4.69, 9.17) is 20.3 Å². The monoisotopic (exact) mass is 374 g/mol. The van der Waals surface area contributed by atoms with Crippen molar-refractivity contribution in [3.8, 4) is 0 Å². The van der Waals surface area contributed by atoms with Gasteiger partial charge in [-0.15, -0.1) is 0 Å². The highest BCUT2D eigenvalue weighted by Crippen LogP contribution is 2.43. The van der Waals surface area contributed by atoms with E-state index < -0.39 is 7.73 Å². The molecule has 0 saturated carbocycles. The predicted octanol–water partition coefficient (Wildman–Crippen LogP) is 1.12. The fourth-order valence-electron chi connectivity index (χ4n) is 2.06. The number of hydrogen-bond donors (Lipinski definition) is 0. The molecule has 8 nitrogen and oxygen atoms in total. The highest BCUT2D eigenvalue weighted by atomic mass is 35.7. The van der Waals surface area contributed by atoms with Crippen LogP contribution in [0, 0.1) is 0 Å². The molecule has 0 aromatic carbocycles. The van der Waals surface area contributed by atoms with Crippen LogP contribution >= 0.6 is 19.0 Å². The Labute approximate surface area is 144 Å². The average molecular weight is 375 g/mol. The minimum atomic E-state index is -1.61. The number of rotatable bonds is 10. The van der Waals surface area contributed by atoms with Crippen molar-refractivity contribution in [1.82, 2.24) is 9.80 Å². The molecule has 2 aliphatic heterocycles. The highest BCUT2D eigenvalue weighted by Gasteiger charge is 2.23. The van der Waals surface area contributed by atoms with Gasteiger partial charge in [0.2, 0.25) is 0 Å². The van der Waals surface area contributed by atoms with Crippen molar-refractivity contribution in [2.24, 2.45) is 0 Å². The molecule has 0 aromatic rings. The molecule has 0 aromatic heterocycles. The molecule has 10 heteroatoms. The van der Waals surface area contributed by atoms with E-state index in [9.17, 15) is 19.2 Å². The van der Waals surface area contributed by atoms with Gasteiger partial charge in [-0.05, 0) is 24.1 Å². The maximum absolute atomic E-state index is 11.3. The van der Waals surface area contributed by atoms with Gasteiger partial charge in [0.1, 0.15) is 0 Å². The van der Waals surface area contributed by atoms with E-state index >= 15 is 0 Å². The minimum absolute atomic E-state index is 0.249. The maximum atomic E-state index is 11.3. The van der Waals surface area contributed by atoms with Gasteiger partial charge in [0.05, 0.1) is 13.2 Å². The Morgan fingerprint density at radius 1 is 0.750 bits per heavy atom. The number of halogens is 1. The Hall–Kier alpha value is -1.60. The van der Waals surface area contributed by atoms with E-state index in [0.717, 1.165) is 9.80 Å². The molecule has 2 rings (SSSR count). The molecule has 0 aliphatic carbocycles. The van der Waals surface area contributed by atoms with Crippen LogP contribution in [0.2, 0.25) is 0 Å². The molecule has 4 amide bonds. The SMILES string of the molecule is O=C1C=CC(=O)N1CCCOP(Cl)OCCCN1C(=O)C=CC1=O. The summed E-state index contributed by atoms with van der Waals surface area (Å²) in [5.74, 6) is -1.32. The Bertz CT molecular complexity index is 508. The van der Waals surface area contributed by atoms with Gasteiger partial charge in [0, 0.05) is 37.4 Å². The largest absolute Gasteiger partial charge is 0.322 e. The first-order valence-electron chi connectivity index (χ1n) is 7.28. The summed E-state index contributed by atoms with van der Waals surface area (Å²) in [6, 6.07) is 0. The summed E-state index contributed by atoms with van der Waals surface area (Å²) >= 11 is 5.89. The molecule has 0 radical (unpaired) electrons. The third-order valence-corrected chi connectivity index (χ3v) is 4.60. The van der Waals surface area contributed by atoms with E-state index in [1.807, 2.05) is 0 Å². The van der Waals surface area contributed by atoms with Crippen LogP contribution in [0.1, 0.15) is 12.8 Å². The van der Waals surface area contributed by atoms with Gasteiger partial charge in [0.25, 0.3) is 31.4 Å². The van der Waals surface area contributed by atoms with Crippen molar-refractivity contribution in [2.45, 2.75) is 12.8 Å². The van der Waals surface area contributed by atoms with Crippen molar-refractivity contribution in [3.63, 3.8) is 0 Å². The molecular formula is C14H16ClN2O6P. The van der Waals surface area contributed by atoms with Crippen molar-refractivity contribution in [3.05, 3.63) is 24.3 Å². The van der Waals surface area contributed by atoms with Crippen LogP contribution in [0.3, 0.4) is 0 Å². The first kappa shape index (κ1) is 18.7. The van der Waals surface area contributed by atoms with Crippen LogP contribution in [0.15, 0.2) is 24.3 Å². The van der Waals surface area contributed by atoms with Gasteiger partial charge < -0.3 is 9.05 Å². The topological polar surface area (TPSA) is 93.2 Å². The first-order valence-corrected chi connectivity index (χ1v) is 9.36. The zero-order valence-corrected chi connectivity index (χ0v) is 14.4. The second kappa shape index (κ2) is 9.03. The van der Waals surface area contributed by atoms with E-state index in [1.165, 1.54) is 24.3 Å². The summed E-state index contributed by atoms with van der Waals surface area (Å²) in [7, 11) is -1.61. The normalized spacial score (nSPS) is 17.2. The number of amides is 4. The molecule has 130 valence electrons. The Morgan fingerprint density at radius 3 is 1.42 bits per heavy atom. The molecule has 0 fully saturated rings. The second-order valence-corrected chi connectivity index (χ2v) is 6.68. The third kappa shape index (κ3) is 5.21. The van der Waals surface area contributed by atoms with Crippen LogP contribution in [-0.4, -0.2) is 59.7 Å². The van der Waals surface area contributed by atoms with Gasteiger partial charge in [-0.3, -0.25) is 29.0 Å². The predicted molar refractivity (Wildman–Crippen MR) is 85.6 cm³/mol. The zero-order valence-electron chi connectivity index (χ0n) is 12.7. The van der Waals surface area contributed by atoms with Crippen LogP contribution < -0.4 is 0 Å². The van der Waals surface area contributed by atoms with Crippen molar-refractivity contribution >= 4 is 42.6 Å². The maximum Gasteiger partial charge on any atom is 0.276 e. The van der Waals surface area contributed by atoms with Gasteiger partial charge in [-0.25, -0.2) is 0 Å². The fourth-order valence-corrected chi connectivity index (χ4v) is 3.09. The lowest BCUT2D eigenvalue weighted by Gasteiger charge is -2.16. The molecule has 2 heterocycles. The lowest BCUT2D eigenvalue weighted by Crippen LogP contribution is -2.31. The van der Waals surface area contributed by atoms with Crippen LogP contribution in [0.5, 0.6) is 0 Å². The van der Waals surface area contributed by atoms with Crippen molar-refractivity contribution in [1.29, 1.82) is 0 Å². The van der Waals surface area contributed by atoms with Crippen LogP contribution in [0.4, 0.5) is 0 Å². The summed E-state index contributed by atoms with van der Waals surface area (Å²) in [4.78, 5) is 47.5. The quantitative estimate of drug-likeness (QED) is 0.323. The number of carbonyl (C=O) groups is 4. The Balaban J connectivity index is 1.50. The smallest absolute Gasteiger partial charge is 0.276 e. The van der Waals surface area contributed by atoms with Crippen molar-refractivity contribution in [2.75, 3.05) is 26.3 Å². The second-order valence-electron chi connectivity index (χ2n) is 4.91. The van der Waals surface area contributed by atoms with Crippen LogP contribution in [0.25, 0.3) is 0 Å². The molecule has 0 saturated heterocycles. The lowest BCUT2D eigenvalue weighted by atomic mass is 10.4. The molecule has 0 N–H and O–H groups in total. The number of imide groups is 2. The molecule has 0 bridgehead atoms. The standard InChI is InChI=1S/C14H16ClN2O6P/c15-24(22-9-1-7-16-11(18)3-4-12(16)19)23-10-2-8-17-13(20)5-6-14(17)21/h3-6H,1-2,7-10H2. The molecule has 0 atom stereocenters. The summed E-state index contributed by atoms with van der Waals surface area (Å²) in [6.45, 7) is 1.02. The fraction of sp³-hybridized carbons (Fsp3) is 0.429. The van der Waals surface area contributed by atoms with Gasteiger partial charge in [-0.2, -0.15) is 0 Å². The third-order valence-electron chi connectivity index (χ3n) is 3.24. The number of carbonyl (C=O) groups excluding carboxylic acids is 4. The first-order chi connectivity index (χ1) is 11.5. The molecule has 0 unspecified atom stereocenters. The molecule has 0 spiro atoms. The summed E-state index contributed by atoms with van der Waals surface area (Å²) in [5.41, 5.74) is 0. The summed E-state index contributed by atoms with van der Waals surface area (Å²) in [6.07, 6.45) is 5.82. The number of hydrogen-bond acceptors (Lipinski definition) is 6. The Morgan fingerprint density at radius 2 is 1.08 bits per heavy atom. The van der Waals surface area contributed by atoms with E-state index in [-0.39, 0.29) is 49.9 Å². The summed E-state index contributed by atoms with van der Waals surface area (Å²) < 4.78 is 10.5. The lowest BCUT2D eigenvalue weighted by molar-refractivity contribution is -0.138. The summed E-state index contributed by atoms with van der Waals surface area (Å²) in [5, 5.41) is 0. The highest BCUT2D eigenvalue weighted by molar-refractivity contribution is 7.76. The van der Waals surface area contributed by atoms with E-state index in [2.05, 4.69) is 0 Å². The minimum Gasteiger partial charge on any atom is -0.322 e. The van der Waals surface area contributed by atoms with Crippen LogP contribution in [-0.2, 0) is 28.2 Å². The van der Waals surface area contributed by atoms with Gasteiger partial charge >= 0.3 is 0 Å². The molecule has 24 heavy (non-hydrogen) atoms. The van der Waals surface area contributed by atoms with E-state index in [1.54, 1.807) is 0 Å². The Kier molecular flexibility index (Phi) is 7.05. The van der Waals surface area contributed by atoms with Gasteiger partial charge in [0.15, 0.2) is 0 Å². The average Bonchev–Trinajstić information content (AvgIpc) is 3.04. The molecular weight excluding hydrogens is 359 g/mol. The van der Waals surface area contributed by atoms with E-state index in [0.29, 0.717) is 12.8 Å². The van der Waals surface area contributed by atoms with Gasteiger partial charge in [-0.1, -0.05) is 0 Å².